The van der Waals surface area contributed by atoms with E-state index in [-0.39, 0.29) is 18.4 Å². The van der Waals surface area contributed by atoms with E-state index in [9.17, 15) is 4.79 Å². The van der Waals surface area contributed by atoms with E-state index in [0.29, 0.717) is 29.4 Å². The molecule has 1 saturated carbocycles. The van der Waals surface area contributed by atoms with Gasteiger partial charge in [0.1, 0.15) is 6.61 Å². The normalized spacial score (nSPS) is 19.4. The number of hydrogen-bond acceptors (Lipinski definition) is 6. The number of carbonyl (C=O) groups is 1. The molecule has 1 aliphatic heterocycles. The number of aromatic nitrogens is 2. The average Bonchev–Trinajstić information content (AvgIpc) is 3.36. The summed E-state index contributed by atoms with van der Waals surface area (Å²) < 4.78 is 5.47. The summed E-state index contributed by atoms with van der Waals surface area (Å²) in [5.41, 5.74) is 7.78. The van der Waals surface area contributed by atoms with E-state index in [2.05, 4.69) is 14.9 Å². The molecule has 0 unspecified atom stereocenters. The molecular weight excluding hydrogens is 304 g/mol. The van der Waals surface area contributed by atoms with Crippen LogP contribution in [-0.4, -0.2) is 46.9 Å². The number of Topliss-reactive ketones (excluding diaryl/α,β-unsaturated/α-hetero) is 1. The van der Waals surface area contributed by atoms with Crippen molar-refractivity contribution in [2.75, 3.05) is 32.0 Å². The lowest BCUT2D eigenvalue weighted by molar-refractivity contribution is -0.122. The highest BCUT2D eigenvalue weighted by Crippen LogP contribution is 2.31. The predicted octanol–water partition coefficient (Wildman–Crippen LogP) is 2.14. The third-order valence-electron chi connectivity index (χ3n) is 5.11. The van der Waals surface area contributed by atoms with Crippen molar-refractivity contribution in [3.63, 3.8) is 0 Å². The molecule has 1 aromatic rings. The van der Waals surface area contributed by atoms with Crippen molar-refractivity contribution in [3.8, 4) is 6.01 Å². The zero-order valence-electron chi connectivity index (χ0n) is 14.8. The van der Waals surface area contributed by atoms with E-state index in [0.717, 1.165) is 31.8 Å². The standard InChI is InChI=1S/C18H28N4O2/c1-12-17(19)13(2)21-18(20-12)24-11-16(23)9-14-5-7-22(8-6-14)10-15-3-4-15/h14-15H,3-11,19H2,1-2H3. The number of nitrogens with zero attached hydrogens (tertiary/aromatic N) is 3. The first kappa shape index (κ1) is 17.1. The number of nitrogens with two attached hydrogens (primary N) is 1. The maximum atomic E-state index is 12.2. The molecule has 0 radical (unpaired) electrons. The van der Waals surface area contributed by atoms with Crippen molar-refractivity contribution in [1.29, 1.82) is 0 Å². The molecule has 0 bridgehead atoms. The van der Waals surface area contributed by atoms with Gasteiger partial charge in [0.25, 0.3) is 0 Å². The molecular formula is C18H28N4O2. The van der Waals surface area contributed by atoms with Gasteiger partial charge in [0.05, 0.1) is 17.1 Å². The van der Waals surface area contributed by atoms with E-state index < -0.39 is 0 Å². The van der Waals surface area contributed by atoms with Crippen LogP contribution in [0.3, 0.4) is 0 Å². The van der Waals surface area contributed by atoms with Gasteiger partial charge in [0, 0.05) is 13.0 Å². The third kappa shape index (κ3) is 4.66. The second kappa shape index (κ2) is 7.47. The molecule has 0 spiro atoms. The SMILES string of the molecule is Cc1nc(OCC(=O)CC2CCN(CC3CC3)CC2)nc(C)c1N. The van der Waals surface area contributed by atoms with Crippen LogP contribution in [0.5, 0.6) is 6.01 Å². The van der Waals surface area contributed by atoms with Crippen molar-refractivity contribution >= 4 is 11.5 Å². The van der Waals surface area contributed by atoms with Crippen molar-refractivity contribution in [1.82, 2.24) is 14.9 Å². The van der Waals surface area contributed by atoms with Crippen LogP contribution in [-0.2, 0) is 4.79 Å². The summed E-state index contributed by atoms with van der Waals surface area (Å²) in [5, 5.41) is 0. The number of ether oxygens (including phenoxy) is 1. The van der Waals surface area contributed by atoms with E-state index in [1.165, 1.54) is 19.4 Å². The van der Waals surface area contributed by atoms with Crippen LogP contribution in [0.25, 0.3) is 0 Å². The maximum absolute atomic E-state index is 12.2. The first-order valence-electron chi connectivity index (χ1n) is 8.99. The van der Waals surface area contributed by atoms with Gasteiger partial charge in [-0.05, 0) is 64.5 Å². The van der Waals surface area contributed by atoms with Crippen molar-refractivity contribution in [3.05, 3.63) is 11.4 Å². The Bertz CT molecular complexity index is 570. The fraction of sp³-hybridized carbons (Fsp3) is 0.722. The quantitative estimate of drug-likeness (QED) is 0.824. The Morgan fingerprint density at radius 2 is 1.75 bits per heavy atom. The number of piperidine rings is 1. The lowest BCUT2D eigenvalue weighted by atomic mass is 9.92. The van der Waals surface area contributed by atoms with E-state index in [1.807, 2.05) is 13.8 Å². The number of likely N-dealkylation sites (tertiary alicyclic amines) is 1. The Labute approximate surface area is 143 Å². The lowest BCUT2D eigenvalue weighted by Crippen LogP contribution is -2.36. The van der Waals surface area contributed by atoms with Gasteiger partial charge in [-0.15, -0.1) is 0 Å². The van der Waals surface area contributed by atoms with E-state index in [1.54, 1.807) is 0 Å². The Hall–Kier alpha value is -1.69. The van der Waals surface area contributed by atoms with Gasteiger partial charge >= 0.3 is 6.01 Å². The fourth-order valence-electron chi connectivity index (χ4n) is 3.32. The molecule has 1 saturated heterocycles. The summed E-state index contributed by atoms with van der Waals surface area (Å²) in [6.45, 7) is 7.20. The van der Waals surface area contributed by atoms with Crippen molar-refractivity contribution < 1.29 is 9.53 Å². The number of ketones is 1. The summed E-state index contributed by atoms with van der Waals surface area (Å²) in [6.07, 6.45) is 5.65. The minimum absolute atomic E-state index is 0.0467. The smallest absolute Gasteiger partial charge is 0.317 e. The van der Waals surface area contributed by atoms with Gasteiger partial charge < -0.3 is 15.4 Å². The molecule has 2 N–H and O–H groups in total. The van der Waals surface area contributed by atoms with Crippen LogP contribution in [0.15, 0.2) is 0 Å². The molecule has 0 atom stereocenters. The highest BCUT2D eigenvalue weighted by atomic mass is 16.5. The van der Waals surface area contributed by atoms with E-state index >= 15 is 0 Å². The minimum Gasteiger partial charge on any atom is -0.455 e. The summed E-state index contributed by atoms with van der Waals surface area (Å²) in [7, 11) is 0. The average molecular weight is 332 g/mol. The Morgan fingerprint density at radius 1 is 1.12 bits per heavy atom. The minimum atomic E-state index is 0.0467. The number of rotatable bonds is 7. The van der Waals surface area contributed by atoms with Crippen LogP contribution in [0.2, 0.25) is 0 Å². The highest BCUT2D eigenvalue weighted by molar-refractivity contribution is 5.80. The van der Waals surface area contributed by atoms with Crippen LogP contribution < -0.4 is 10.5 Å². The Kier molecular flexibility index (Phi) is 5.33. The van der Waals surface area contributed by atoms with Crippen LogP contribution in [0.1, 0.15) is 43.5 Å². The molecule has 3 rings (SSSR count). The molecule has 2 fully saturated rings. The number of anilines is 1. The summed E-state index contributed by atoms with van der Waals surface area (Å²) in [5.74, 6) is 1.57. The van der Waals surface area contributed by atoms with Gasteiger partial charge in [0.2, 0.25) is 0 Å². The first-order chi connectivity index (χ1) is 11.5. The Balaban J connectivity index is 1.39. The third-order valence-corrected chi connectivity index (χ3v) is 5.11. The fourth-order valence-corrected chi connectivity index (χ4v) is 3.32. The monoisotopic (exact) mass is 332 g/mol. The second-order valence-corrected chi connectivity index (χ2v) is 7.31. The van der Waals surface area contributed by atoms with Crippen LogP contribution in [0, 0.1) is 25.7 Å². The van der Waals surface area contributed by atoms with Crippen molar-refractivity contribution in [2.45, 2.75) is 46.0 Å². The number of carbonyl (C=O) groups excluding carboxylic acids is 1. The largest absolute Gasteiger partial charge is 0.455 e. The second-order valence-electron chi connectivity index (χ2n) is 7.31. The molecule has 132 valence electrons. The molecule has 2 aliphatic rings. The first-order valence-corrected chi connectivity index (χ1v) is 8.99. The van der Waals surface area contributed by atoms with Crippen LogP contribution in [0.4, 0.5) is 5.69 Å². The maximum Gasteiger partial charge on any atom is 0.317 e. The lowest BCUT2D eigenvalue weighted by Gasteiger charge is -2.31. The van der Waals surface area contributed by atoms with Crippen LogP contribution >= 0.6 is 0 Å². The molecule has 1 aliphatic carbocycles. The molecule has 2 heterocycles. The molecule has 6 nitrogen and oxygen atoms in total. The van der Waals surface area contributed by atoms with Gasteiger partial charge in [-0.25, -0.2) is 0 Å². The van der Waals surface area contributed by atoms with E-state index in [4.69, 9.17) is 10.5 Å². The van der Waals surface area contributed by atoms with Gasteiger partial charge in [-0.3, -0.25) is 4.79 Å². The predicted molar refractivity (Wildman–Crippen MR) is 92.9 cm³/mol. The van der Waals surface area contributed by atoms with Gasteiger partial charge in [-0.1, -0.05) is 0 Å². The molecule has 24 heavy (non-hydrogen) atoms. The molecule has 6 heteroatoms. The highest BCUT2D eigenvalue weighted by Gasteiger charge is 2.27. The zero-order chi connectivity index (χ0) is 17.1. The summed E-state index contributed by atoms with van der Waals surface area (Å²) >= 11 is 0. The number of aryl methyl sites for hydroxylation is 2. The topological polar surface area (TPSA) is 81.3 Å². The van der Waals surface area contributed by atoms with Gasteiger partial charge in [0.15, 0.2) is 5.78 Å². The van der Waals surface area contributed by atoms with Gasteiger partial charge in [-0.2, -0.15) is 9.97 Å². The molecule has 1 aromatic heterocycles. The van der Waals surface area contributed by atoms with Crippen molar-refractivity contribution in [2.24, 2.45) is 11.8 Å². The number of hydrogen-bond donors (Lipinski definition) is 1. The zero-order valence-corrected chi connectivity index (χ0v) is 14.8. The Morgan fingerprint density at radius 3 is 2.33 bits per heavy atom. The summed E-state index contributed by atoms with van der Waals surface area (Å²) in [6, 6.07) is 0.242. The molecule has 0 amide bonds. The number of nitrogen functional groups attached to an aromatic ring is 1. The molecule has 0 aromatic carbocycles. The summed E-state index contributed by atoms with van der Waals surface area (Å²) in [4.78, 5) is 23.1.